The highest BCUT2D eigenvalue weighted by molar-refractivity contribution is 6.32. The number of phenolic OH excluding ortho intramolecular Hbond substituents is 1. The fourth-order valence-electron chi connectivity index (χ4n) is 8.02. The molecule has 22 nitrogen and oxygen atoms in total. The number of primary amides is 2. The SMILES string of the molecule is CC[C@H](C)[C@@H]1NC(=O)[C@H](Cc2ccc(O)c(Cl)c2)N(C)C(=O)[C@H](Cc2ccccc2)N2C(=O)[C@H](CC[C@H]2O)NC(=O)[C@H](CCC(N)=O)NC(=O)[C@@H](NC(=O)[C@H](CCC(N)=O)NC(C)=O)[C@@H](C)OC1=O. The van der Waals surface area contributed by atoms with E-state index in [1.54, 1.807) is 44.2 Å². The van der Waals surface area contributed by atoms with Gasteiger partial charge in [0.15, 0.2) is 0 Å². The molecule has 2 aromatic rings. The number of esters is 1. The van der Waals surface area contributed by atoms with Crippen molar-refractivity contribution in [3.63, 3.8) is 0 Å². The second kappa shape index (κ2) is 25.0. The number of cyclic esters (lactones) is 1. The third kappa shape index (κ3) is 15.1. The summed E-state index contributed by atoms with van der Waals surface area (Å²) in [5, 5.41) is 34.2. The van der Waals surface area contributed by atoms with Gasteiger partial charge in [0.05, 0.1) is 5.02 Å². The number of likely N-dealkylation sites (N-methyl/N-ethyl adjacent to an activating group) is 1. The average molecular weight is 985 g/mol. The van der Waals surface area contributed by atoms with Gasteiger partial charge >= 0.3 is 5.97 Å². The van der Waals surface area contributed by atoms with Crippen LogP contribution in [0, 0.1) is 5.92 Å². The summed E-state index contributed by atoms with van der Waals surface area (Å²) in [5.74, 6) is -10.2. The molecule has 23 heteroatoms. The summed E-state index contributed by atoms with van der Waals surface area (Å²) in [6.07, 6.45) is -5.22. The number of aliphatic hydroxyl groups excluding tert-OH is 1. The van der Waals surface area contributed by atoms with Crippen molar-refractivity contribution >= 4 is 70.7 Å². The summed E-state index contributed by atoms with van der Waals surface area (Å²) < 4.78 is 5.83. The van der Waals surface area contributed by atoms with Gasteiger partial charge in [-0.25, -0.2) is 4.79 Å². The topological polar surface area (TPSA) is 339 Å². The van der Waals surface area contributed by atoms with Crippen LogP contribution >= 0.6 is 11.6 Å². The van der Waals surface area contributed by atoms with Crippen LogP contribution in [-0.4, -0.2) is 141 Å². The summed E-state index contributed by atoms with van der Waals surface area (Å²) in [6, 6.07) is 1.83. The minimum atomic E-state index is -1.87. The van der Waals surface area contributed by atoms with Crippen LogP contribution in [0.3, 0.4) is 0 Å². The molecular weight excluding hydrogens is 922 g/mol. The van der Waals surface area contributed by atoms with Gasteiger partial charge in [-0.15, -0.1) is 0 Å². The Bertz CT molecular complexity index is 2250. The molecule has 2 heterocycles. The molecule has 9 amide bonds. The molecule has 69 heavy (non-hydrogen) atoms. The first kappa shape index (κ1) is 54.8. The number of hydrogen-bond acceptors (Lipinski definition) is 13. The number of nitrogens with one attached hydrogen (secondary N) is 5. The van der Waals surface area contributed by atoms with Crippen LogP contribution in [0.25, 0.3) is 0 Å². The van der Waals surface area contributed by atoms with E-state index in [2.05, 4.69) is 26.6 Å². The zero-order chi connectivity index (χ0) is 51.3. The number of carbonyl (C=O) groups excluding carboxylic acids is 10. The number of rotatable bonds is 15. The lowest BCUT2D eigenvalue weighted by Gasteiger charge is -2.43. The van der Waals surface area contributed by atoms with E-state index in [1.165, 1.54) is 32.2 Å². The highest BCUT2D eigenvalue weighted by Crippen LogP contribution is 2.28. The largest absolute Gasteiger partial charge is 0.506 e. The van der Waals surface area contributed by atoms with Crippen LogP contribution in [0.5, 0.6) is 5.75 Å². The summed E-state index contributed by atoms with van der Waals surface area (Å²) in [6.45, 7) is 5.67. The second-order valence-electron chi connectivity index (χ2n) is 17.3. The molecule has 0 unspecified atom stereocenters. The van der Waals surface area contributed by atoms with Gasteiger partial charge in [0.2, 0.25) is 53.2 Å². The quantitative estimate of drug-likeness (QED) is 0.0962. The van der Waals surface area contributed by atoms with E-state index in [9.17, 15) is 53.4 Å². The summed E-state index contributed by atoms with van der Waals surface area (Å²) in [4.78, 5) is 139. The van der Waals surface area contributed by atoms with Crippen LogP contribution in [0.1, 0.15) is 83.8 Å². The van der Waals surface area contributed by atoms with Crippen molar-refractivity contribution in [2.75, 3.05) is 7.05 Å². The smallest absolute Gasteiger partial charge is 0.329 e. The number of phenols is 1. The average Bonchev–Trinajstić information content (AvgIpc) is 3.29. The Balaban J connectivity index is 1.92. The number of fused-ring (bicyclic) bond motifs is 2. The Labute approximate surface area is 403 Å². The number of benzene rings is 2. The van der Waals surface area contributed by atoms with E-state index in [0.717, 1.165) is 16.7 Å². The monoisotopic (exact) mass is 983 g/mol. The number of carbonyl (C=O) groups is 10. The molecule has 2 fully saturated rings. The second-order valence-corrected chi connectivity index (χ2v) is 17.8. The van der Waals surface area contributed by atoms with Gasteiger partial charge in [0.25, 0.3) is 0 Å². The van der Waals surface area contributed by atoms with E-state index in [-0.39, 0.29) is 55.7 Å². The highest BCUT2D eigenvalue weighted by Gasteiger charge is 2.46. The maximum absolute atomic E-state index is 15.1. The number of ether oxygens (including phenoxy) is 1. The number of amides is 9. The molecule has 11 N–H and O–H groups in total. The Hall–Kier alpha value is -6.81. The molecule has 0 saturated carbocycles. The molecule has 0 radical (unpaired) electrons. The van der Waals surface area contributed by atoms with Crippen molar-refractivity contribution in [2.45, 2.75) is 140 Å². The first-order valence-electron chi connectivity index (χ1n) is 22.6. The Morgan fingerprint density at radius 2 is 1.52 bits per heavy atom. The molecule has 2 bridgehead atoms. The minimum absolute atomic E-state index is 0.0658. The van der Waals surface area contributed by atoms with Gasteiger partial charge in [0, 0.05) is 39.7 Å². The van der Waals surface area contributed by atoms with Gasteiger partial charge in [-0.1, -0.05) is 68.3 Å². The van der Waals surface area contributed by atoms with Crippen molar-refractivity contribution in [3.8, 4) is 5.75 Å². The first-order chi connectivity index (χ1) is 32.5. The standard InChI is InChI=1S/C46H62ClN9O13/c1-6-23(2)38-46(68)69-24(3)39(54-41(63)29(50-25(4)57)13-17-35(48)59)43(65)51-30(14-18-36(49)60)40(62)52-31-15-19-37(61)56(44(31)66)33(21-26-10-8-7-9-11-26)45(67)55(5)32(42(64)53-38)22-27-12-16-34(58)28(47)20-27/h7-12,16,20,23-24,29-33,37-39,58,61H,6,13-15,17-19,21-22H2,1-5H3,(H2,48,59)(H2,49,60)(H,50,57)(H,51,65)(H,52,62)(H,53,64)(H,54,63)/t23-,24+,29-,30-,31-,32-,33-,37+,38-,39-/m0/s1. The van der Waals surface area contributed by atoms with E-state index >= 15 is 4.79 Å². The van der Waals surface area contributed by atoms with E-state index < -0.39 is 133 Å². The van der Waals surface area contributed by atoms with Gasteiger partial charge in [0.1, 0.15) is 60.4 Å². The predicted molar refractivity (Wildman–Crippen MR) is 247 cm³/mol. The molecular formula is C46H62ClN9O13. The maximum atomic E-state index is 15.1. The molecule has 0 aromatic heterocycles. The first-order valence-corrected chi connectivity index (χ1v) is 22.9. The molecule has 0 aliphatic carbocycles. The maximum Gasteiger partial charge on any atom is 0.329 e. The fourth-order valence-corrected chi connectivity index (χ4v) is 8.22. The van der Waals surface area contributed by atoms with Crippen LogP contribution in [0.15, 0.2) is 48.5 Å². The van der Waals surface area contributed by atoms with Gasteiger partial charge in [-0.3, -0.25) is 43.2 Å². The number of halogens is 1. The van der Waals surface area contributed by atoms with Crippen molar-refractivity contribution in [1.29, 1.82) is 0 Å². The van der Waals surface area contributed by atoms with Crippen molar-refractivity contribution in [2.24, 2.45) is 17.4 Å². The molecule has 2 saturated heterocycles. The van der Waals surface area contributed by atoms with Crippen LogP contribution in [-0.2, 0) is 65.5 Å². The number of aromatic hydroxyl groups is 1. The minimum Gasteiger partial charge on any atom is -0.506 e. The lowest BCUT2D eigenvalue weighted by atomic mass is 9.95. The molecule has 376 valence electrons. The van der Waals surface area contributed by atoms with Crippen molar-refractivity contribution < 1.29 is 62.9 Å². The van der Waals surface area contributed by atoms with Gasteiger partial charge in [-0.2, -0.15) is 0 Å². The van der Waals surface area contributed by atoms with E-state index in [0.29, 0.717) is 11.1 Å². The van der Waals surface area contributed by atoms with Crippen LogP contribution in [0.4, 0.5) is 0 Å². The Morgan fingerprint density at radius 3 is 2.13 bits per heavy atom. The van der Waals surface area contributed by atoms with Gasteiger partial charge < -0.3 is 62.8 Å². The van der Waals surface area contributed by atoms with Crippen LogP contribution < -0.4 is 38.1 Å². The molecule has 2 aromatic carbocycles. The predicted octanol–water partition coefficient (Wildman–Crippen LogP) is -1.07. The normalized spacial score (nSPS) is 25.0. The Morgan fingerprint density at radius 1 is 0.870 bits per heavy atom. The lowest BCUT2D eigenvalue weighted by Crippen LogP contribution is -2.65. The van der Waals surface area contributed by atoms with Gasteiger partial charge in [-0.05, 0) is 61.8 Å². The molecule has 0 spiro atoms. The molecule has 4 rings (SSSR count). The summed E-state index contributed by atoms with van der Waals surface area (Å²) >= 11 is 6.26. The Kier molecular flexibility index (Phi) is 19.8. The zero-order valence-electron chi connectivity index (χ0n) is 39.1. The molecule has 2 aliphatic rings. The van der Waals surface area contributed by atoms with Crippen molar-refractivity contribution in [1.82, 2.24) is 36.4 Å². The third-order valence-electron chi connectivity index (χ3n) is 12.2. The lowest BCUT2D eigenvalue weighted by molar-refractivity contribution is -0.165. The zero-order valence-corrected chi connectivity index (χ0v) is 39.8. The van der Waals surface area contributed by atoms with Crippen LogP contribution in [0.2, 0.25) is 5.02 Å². The summed E-state index contributed by atoms with van der Waals surface area (Å²) in [5.41, 5.74) is 11.7. The van der Waals surface area contributed by atoms with E-state index in [4.69, 9.17) is 27.8 Å². The number of nitrogens with two attached hydrogens (primary N) is 2. The van der Waals surface area contributed by atoms with E-state index in [1.807, 2.05) is 0 Å². The summed E-state index contributed by atoms with van der Waals surface area (Å²) in [7, 11) is 1.30. The third-order valence-corrected chi connectivity index (χ3v) is 12.5. The molecule has 2 aliphatic heterocycles. The number of nitrogens with zero attached hydrogens (tertiary/aromatic N) is 2. The highest BCUT2D eigenvalue weighted by atomic mass is 35.5. The van der Waals surface area contributed by atoms with Crippen molar-refractivity contribution in [3.05, 3.63) is 64.7 Å². The number of aliphatic hydroxyl groups is 1. The number of piperidine rings is 1. The fraction of sp³-hybridized carbons (Fsp3) is 0.522. The molecule has 10 atom stereocenters. The number of hydrogen-bond donors (Lipinski definition) is 9.